The third kappa shape index (κ3) is 3.02. The fraction of sp³-hybridized carbons (Fsp3) is 0.188. The lowest BCUT2D eigenvalue weighted by Gasteiger charge is -2.13. The molecular formula is C16H13F2NO2. The number of benzene rings is 2. The molecule has 2 aromatic carbocycles. The second kappa shape index (κ2) is 5.52. The van der Waals surface area contributed by atoms with Crippen LogP contribution in [0.4, 0.5) is 13.6 Å². The fourth-order valence-corrected chi connectivity index (χ4v) is 2.40. The topological polar surface area (TPSA) is 29.5 Å². The molecule has 1 unspecified atom stereocenters. The Hall–Kier alpha value is -2.43. The minimum atomic E-state index is -0.655. The first-order valence-corrected chi connectivity index (χ1v) is 6.57. The lowest BCUT2D eigenvalue weighted by atomic mass is 10.1. The van der Waals surface area contributed by atoms with E-state index in [0.29, 0.717) is 12.1 Å². The smallest absolute Gasteiger partial charge is 0.410 e. The van der Waals surface area contributed by atoms with E-state index in [4.69, 9.17) is 4.74 Å². The zero-order valence-electron chi connectivity index (χ0n) is 11.1. The van der Waals surface area contributed by atoms with E-state index < -0.39 is 17.7 Å². The van der Waals surface area contributed by atoms with Gasteiger partial charge in [0.05, 0.1) is 6.54 Å². The first kappa shape index (κ1) is 13.5. The molecule has 2 aromatic rings. The highest BCUT2D eigenvalue weighted by Crippen LogP contribution is 2.27. The van der Waals surface area contributed by atoms with Gasteiger partial charge in [0.2, 0.25) is 0 Å². The summed E-state index contributed by atoms with van der Waals surface area (Å²) in [4.78, 5) is 13.3. The lowest BCUT2D eigenvalue weighted by Crippen LogP contribution is -2.23. The molecule has 0 bridgehead atoms. The lowest BCUT2D eigenvalue weighted by molar-refractivity contribution is 0.132. The maximum Gasteiger partial charge on any atom is 0.410 e. The zero-order valence-corrected chi connectivity index (χ0v) is 11.1. The largest absolute Gasteiger partial charge is 0.439 e. The summed E-state index contributed by atoms with van der Waals surface area (Å²) in [5.41, 5.74) is 1.30. The minimum Gasteiger partial charge on any atom is -0.439 e. The first-order chi connectivity index (χ1) is 10.1. The second-order valence-electron chi connectivity index (χ2n) is 4.94. The summed E-state index contributed by atoms with van der Waals surface area (Å²) in [7, 11) is 0. The van der Waals surface area contributed by atoms with Crippen molar-refractivity contribution in [3.8, 4) is 0 Å². The third-order valence-electron chi connectivity index (χ3n) is 3.35. The molecule has 21 heavy (non-hydrogen) atoms. The van der Waals surface area contributed by atoms with Crippen LogP contribution in [0.5, 0.6) is 0 Å². The Bertz CT molecular complexity index is 640. The third-order valence-corrected chi connectivity index (χ3v) is 3.35. The van der Waals surface area contributed by atoms with Gasteiger partial charge in [-0.2, -0.15) is 0 Å². The summed E-state index contributed by atoms with van der Waals surface area (Å²) in [6, 6.07) is 12.6. The number of ether oxygens (including phenoxy) is 1. The van der Waals surface area contributed by atoms with Crippen LogP contribution in [0.15, 0.2) is 48.5 Å². The Morgan fingerprint density at radius 2 is 1.76 bits per heavy atom. The van der Waals surface area contributed by atoms with Crippen molar-refractivity contribution in [2.45, 2.75) is 12.6 Å². The van der Waals surface area contributed by atoms with Gasteiger partial charge in [0.25, 0.3) is 0 Å². The number of carbonyl (C=O) groups is 1. The number of rotatable bonds is 3. The molecule has 1 amide bonds. The van der Waals surface area contributed by atoms with E-state index in [-0.39, 0.29) is 12.6 Å². The quantitative estimate of drug-likeness (QED) is 0.863. The van der Waals surface area contributed by atoms with Crippen molar-refractivity contribution in [2.24, 2.45) is 0 Å². The molecule has 1 saturated heterocycles. The normalized spacial score (nSPS) is 17.9. The van der Waals surface area contributed by atoms with Crippen LogP contribution in [0.3, 0.4) is 0 Å². The van der Waals surface area contributed by atoms with E-state index in [1.807, 2.05) is 30.3 Å². The van der Waals surface area contributed by atoms with Crippen LogP contribution in [0.1, 0.15) is 17.2 Å². The molecule has 0 saturated carbocycles. The molecule has 108 valence electrons. The molecule has 1 fully saturated rings. The summed E-state index contributed by atoms with van der Waals surface area (Å²) in [5, 5.41) is 0. The first-order valence-electron chi connectivity index (χ1n) is 6.57. The van der Waals surface area contributed by atoms with Crippen LogP contribution < -0.4 is 0 Å². The predicted octanol–water partition coefficient (Wildman–Crippen LogP) is 3.66. The van der Waals surface area contributed by atoms with Crippen molar-refractivity contribution in [1.29, 1.82) is 0 Å². The zero-order chi connectivity index (χ0) is 14.8. The van der Waals surface area contributed by atoms with Gasteiger partial charge in [-0.1, -0.05) is 30.3 Å². The highest BCUT2D eigenvalue weighted by atomic mass is 19.1. The van der Waals surface area contributed by atoms with Crippen LogP contribution in [0, 0.1) is 11.6 Å². The molecule has 1 aliphatic heterocycles. The summed E-state index contributed by atoms with van der Waals surface area (Å²) >= 11 is 0. The van der Waals surface area contributed by atoms with Crippen LogP contribution in [0.25, 0.3) is 0 Å². The Labute approximate surface area is 120 Å². The van der Waals surface area contributed by atoms with Crippen molar-refractivity contribution >= 4 is 6.09 Å². The Morgan fingerprint density at radius 1 is 1.10 bits per heavy atom. The molecule has 0 N–H and O–H groups in total. The van der Waals surface area contributed by atoms with E-state index in [1.165, 1.54) is 17.0 Å². The number of halogens is 2. The van der Waals surface area contributed by atoms with E-state index in [2.05, 4.69) is 0 Å². The average molecular weight is 289 g/mol. The maximum absolute atomic E-state index is 13.2. The standard InChI is InChI=1S/C16H13F2NO2/c17-13-6-11(7-14(18)8-13)9-19-10-15(21-16(19)20)12-4-2-1-3-5-12/h1-8,15H,9-10H2. The predicted molar refractivity (Wildman–Crippen MR) is 72.4 cm³/mol. The summed E-state index contributed by atoms with van der Waals surface area (Å²) in [6.45, 7) is 0.484. The van der Waals surface area contributed by atoms with Gasteiger partial charge in [-0.3, -0.25) is 4.90 Å². The molecule has 1 heterocycles. The van der Waals surface area contributed by atoms with Crippen molar-refractivity contribution in [3.05, 3.63) is 71.3 Å². The van der Waals surface area contributed by atoms with Gasteiger partial charge in [-0.25, -0.2) is 13.6 Å². The summed E-state index contributed by atoms with van der Waals surface area (Å²) in [5.74, 6) is -1.31. The maximum atomic E-state index is 13.2. The number of hydrogen-bond acceptors (Lipinski definition) is 2. The Morgan fingerprint density at radius 3 is 2.43 bits per heavy atom. The highest BCUT2D eigenvalue weighted by Gasteiger charge is 2.32. The minimum absolute atomic E-state index is 0.122. The van der Waals surface area contributed by atoms with Gasteiger partial charge in [-0.05, 0) is 23.3 Å². The molecule has 0 radical (unpaired) electrons. The number of carbonyl (C=O) groups excluding carboxylic acids is 1. The highest BCUT2D eigenvalue weighted by molar-refractivity contribution is 5.70. The molecule has 3 nitrogen and oxygen atoms in total. The van der Waals surface area contributed by atoms with Crippen molar-refractivity contribution in [1.82, 2.24) is 4.90 Å². The Balaban J connectivity index is 1.74. The van der Waals surface area contributed by atoms with Gasteiger partial charge in [0, 0.05) is 12.6 Å². The van der Waals surface area contributed by atoms with Crippen molar-refractivity contribution < 1.29 is 18.3 Å². The molecule has 1 aliphatic rings. The van der Waals surface area contributed by atoms with Gasteiger partial charge >= 0.3 is 6.09 Å². The average Bonchev–Trinajstić information content (AvgIpc) is 2.80. The fourth-order valence-electron chi connectivity index (χ4n) is 2.40. The van der Waals surface area contributed by atoms with E-state index in [1.54, 1.807) is 0 Å². The summed E-state index contributed by atoms with van der Waals surface area (Å²) < 4.78 is 31.6. The number of hydrogen-bond donors (Lipinski definition) is 0. The van der Waals surface area contributed by atoms with Gasteiger partial charge < -0.3 is 4.74 Å². The summed E-state index contributed by atoms with van der Waals surface area (Å²) in [6.07, 6.45) is -0.828. The van der Waals surface area contributed by atoms with Crippen LogP contribution in [-0.4, -0.2) is 17.5 Å². The van der Waals surface area contributed by atoms with E-state index in [0.717, 1.165) is 11.6 Å². The molecule has 0 spiro atoms. The van der Waals surface area contributed by atoms with E-state index >= 15 is 0 Å². The van der Waals surface area contributed by atoms with Gasteiger partial charge in [-0.15, -0.1) is 0 Å². The van der Waals surface area contributed by atoms with Crippen LogP contribution in [-0.2, 0) is 11.3 Å². The molecule has 0 aliphatic carbocycles. The van der Waals surface area contributed by atoms with Crippen molar-refractivity contribution in [2.75, 3.05) is 6.54 Å². The van der Waals surface area contributed by atoms with Crippen LogP contribution in [0.2, 0.25) is 0 Å². The van der Waals surface area contributed by atoms with Gasteiger partial charge in [0.15, 0.2) is 0 Å². The number of amides is 1. The van der Waals surface area contributed by atoms with Gasteiger partial charge in [0.1, 0.15) is 17.7 Å². The molecule has 3 rings (SSSR count). The molecule has 1 atom stereocenters. The molecular weight excluding hydrogens is 276 g/mol. The molecule has 5 heteroatoms. The number of cyclic esters (lactones) is 1. The molecule has 0 aromatic heterocycles. The SMILES string of the molecule is O=C1OC(c2ccccc2)CN1Cc1cc(F)cc(F)c1. The monoisotopic (exact) mass is 289 g/mol. The van der Waals surface area contributed by atoms with E-state index in [9.17, 15) is 13.6 Å². The number of nitrogens with zero attached hydrogens (tertiary/aromatic N) is 1. The van der Waals surface area contributed by atoms with Crippen molar-refractivity contribution in [3.63, 3.8) is 0 Å². The van der Waals surface area contributed by atoms with Crippen LogP contribution >= 0.6 is 0 Å². The second-order valence-corrected chi connectivity index (χ2v) is 4.94. The Kier molecular flexibility index (Phi) is 3.56.